The number of nitrogens with one attached hydrogen (secondary N) is 1. The molecular formula is C24H21ClN2O4. The van der Waals surface area contributed by atoms with E-state index < -0.39 is 0 Å². The van der Waals surface area contributed by atoms with E-state index in [9.17, 15) is 4.79 Å². The van der Waals surface area contributed by atoms with Gasteiger partial charge in [0.15, 0.2) is 5.58 Å². The van der Waals surface area contributed by atoms with Gasteiger partial charge in [0, 0.05) is 17.3 Å². The fourth-order valence-electron chi connectivity index (χ4n) is 3.20. The van der Waals surface area contributed by atoms with Crippen molar-refractivity contribution in [2.24, 2.45) is 0 Å². The number of halogens is 1. The van der Waals surface area contributed by atoms with Crippen LogP contribution in [-0.4, -0.2) is 25.1 Å². The zero-order valence-electron chi connectivity index (χ0n) is 17.6. The van der Waals surface area contributed by atoms with Crippen LogP contribution < -0.4 is 14.8 Å². The Morgan fingerprint density at radius 1 is 0.968 bits per heavy atom. The zero-order chi connectivity index (χ0) is 22.1. The Bertz CT molecular complexity index is 1240. The summed E-state index contributed by atoms with van der Waals surface area (Å²) >= 11 is 6.41. The van der Waals surface area contributed by atoms with Gasteiger partial charge in [-0.05, 0) is 67.4 Å². The Morgan fingerprint density at radius 3 is 2.32 bits per heavy atom. The van der Waals surface area contributed by atoms with Crippen molar-refractivity contribution in [2.45, 2.75) is 13.8 Å². The van der Waals surface area contributed by atoms with Crippen molar-refractivity contribution >= 4 is 34.3 Å². The molecule has 1 aromatic heterocycles. The van der Waals surface area contributed by atoms with Gasteiger partial charge in [0.25, 0.3) is 5.91 Å². The maximum atomic E-state index is 12.8. The Balaban J connectivity index is 1.66. The molecule has 6 nitrogen and oxygen atoms in total. The number of methoxy groups -OCH3 is 2. The molecule has 4 rings (SSSR count). The minimum absolute atomic E-state index is 0.311. The van der Waals surface area contributed by atoms with Gasteiger partial charge in [0.2, 0.25) is 5.89 Å². The van der Waals surface area contributed by atoms with Gasteiger partial charge in [-0.3, -0.25) is 4.79 Å². The molecule has 0 saturated heterocycles. The Morgan fingerprint density at radius 2 is 1.65 bits per heavy atom. The van der Waals surface area contributed by atoms with Crippen molar-refractivity contribution in [3.63, 3.8) is 0 Å². The fraction of sp³-hybridized carbons (Fsp3) is 0.167. The highest BCUT2D eigenvalue weighted by Gasteiger charge is 2.15. The van der Waals surface area contributed by atoms with Crippen LogP contribution in [0, 0.1) is 13.8 Å². The van der Waals surface area contributed by atoms with E-state index in [0.29, 0.717) is 44.8 Å². The van der Waals surface area contributed by atoms with E-state index >= 15 is 0 Å². The van der Waals surface area contributed by atoms with Crippen molar-refractivity contribution in [3.05, 3.63) is 70.2 Å². The quantitative estimate of drug-likeness (QED) is 0.413. The Labute approximate surface area is 184 Å². The molecule has 158 valence electrons. The smallest absolute Gasteiger partial charge is 0.255 e. The number of anilines is 1. The first-order valence-electron chi connectivity index (χ1n) is 9.60. The van der Waals surface area contributed by atoms with Crippen molar-refractivity contribution in [3.8, 4) is 23.0 Å². The van der Waals surface area contributed by atoms with Gasteiger partial charge in [-0.25, -0.2) is 4.98 Å². The number of carbonyl (C=O) groups is 1. The number of hydrogen-bond donors (Lipinski definition) is 1. The average Bonchev–Trinajstić information content (AvgIpc) is 3.17. The molecule has 1 N–H and O–H groups in total. The second-order valence-corrected chi connectivity index (χ2v) is 7.58. The van der Waals surface area contributed by atoms with E-state index in [-0.39, 0.29) is 5.91 Å². The highest BCUT2D eigenvalue weighted by Crippen LogP contribution is 2.33. The van der Waals surface area contributed by atoms with Crippen LogP contribution in [0.4, 0.5) is 5.69 Å². The Kier molecular flexibility index (Phi) is 5.57. The van der Waals surface area contributed by atoms with Gasteiger partial charge in [-0.1, -0.05) is 11.6 Å². The predicted molar refractivity (Wildman–Crippen MR) is 121 cm³/mol. The molecule has 0 unspecified atom stereocenters. The molecule has 0 radical (unpaired) electrons. The number of nitrogens with zero attached hydrogens (tertiary/aromatic N) is 1. The molecule has 7 heteroatoms. The molecule has 0 aliphatic carbocycles. The number of ether oxygens (including phenoxy) is 2. The first-order chi connectivity index (χ1) is 14.9. The summed E-state index contributed by atoms with van der Waals surface area (Å²) in [5.41, 5.74) is 5.25. The second kappa shape index (κ2) is 8.32. The summed E-state index contributed by atoms with van der Waals surface area (Å²) in [5.74, 6) is 1.13. The number of amides is 1. The van der Waals surface area contributed by atoms with Gasteiger partial charge >= 0.3 is 0 Å². The number of benzene rings is 3. The van der Waals surface area contributed by atoms with E-state index in [4.69, 9.17) is 25.5 Å². The highest BCUT2D eigenvalue weighted by atomic mass is 35.5. The van der Waals surface area contributed by atoms with E-state index in [0.717, 1.165) is 16.6 Å². The van der Waals surface area contributed by atoms with Gasteiger partial charge in [0.1, 0.15) is 17.0 Å². The monoisotopic (exact) mass is 436 g/mol. The summed E-state index contributed by atoms with van der Waals surface area (Å²) in [4.78, 5) is 17.4. The van der Waals surface area contributed by atoms with Gasteiger partial charge < -0.3 is 19.2 Å². The third-order valence-corrected chi connectivity index (χ3v) is 5.40. The summed E-state index contributed by atoms with van der Waals surface area (Å²) < 4.78 is 16.4. The number of oxazole rings is 1. The molecule has 0 atom stereocenters. The topological polar surface area (TPSA) is 73.6 Å². The lowest BCUT2D eigenvalue weighted by Crippen LogP contribution is -2.12. The SMILES string of the molecule is COc1cc(OC)cc(C(=O)Nc2ccc(Cl)c(-c3nc4cc(C)c(C)cc4o3)c2)c1. The molecule has 4 aromatic rings. The van der Waals surface area contributed by atoms with Crippen LogP contribution in [0.15, 0.2) is 52.9 Å². The number of aryl methyl sites for hydroxylation is 2. The highest BCUT2D eigenvalue weighted by molar-refractivity contribution is 6.33. The minimum atomic E-state index is -0.311. The van der Waals surface area contributed by atoms with Crippen LogP contribution in [0.3, 0.4) is 0 Å². The maximum Gasteiger partial charge on any atom is 0.255 e. The fourth-order valence-corrected chi connectivity index (χ4v) is 3.40. The number of carbonyl (C=O) groups excluding carboxylic acids is 1. The molecule has 1 heterocycles. The van der Waals surface area contributed by atoms with Crippen molar-refractivity contribution in [1.29, 1.82) is 0 Å². The largest absolute Gasteiger partial charge is 0.497 e. The van der Waals surface area contributed by atoms with Crippen molar-refractivity contribution in [2.75, 3.05) is 19.5 Å². The molecule has 1 amide bonds. The third-order valence-electron chi connectivity index (χ3n) is 5.07. The van der Waals surface area contributed by atoms with E-state index in [1.165, 1.54) is 14.2 Å². The third kappa shape index (κ3) is 4.20. The lowest BCUT2D eigenvalue weighted by Gasteiger charge is -2.10. The predicted octanol–water partition coefficient (Wildman–Crippen LogP) is 6.03. The number of hydrogen-bond acceptors (Lipinski definition) is 5. The zero-order valence-corrected chi connectivity index (χ0v) is 18.3. The number of rotatable bonds is 5. The molecule has 3 aromatic carbocycles. The summed E-state index contributed by atoms with van der Waals surface area (Å²) in [7, 11) is 3.07. The number of aromatic nitrogens is 1. The van der Waals surface area contributed by atoms with E-state index in [1.807, 2.05) is 26.0 Å². The van der Waals surface area contributed by atoms with Crippen LogP contribution in [-0.2, 0) is 0 Å². The van der Waals surface area contributed by atoms with Gasteiger partial charge in [-0.2, -0.15) is 0 Å². The molecule has 0 aliphatic heterocycles. The van der Waals surface area contributed by atoms with Crippen LogP contribution >= 0.6 is 11.6 Å². The standard InChI is InChI=1S/C24H21ClN2O4/c1-13-7-21-22(8-14(13)2)31-24(27-21)19-11-16(5-6-20(19)25)26-23(28)15-9-17(29-3)12-18(10-15)30-4/h5-12H,1-4H3,(H,26,28). The molecule has 0 spiro atoms. The van der Waals surface area contributed by atoms with Crippen LogP contribution in [0.2, 0.25) is 5.02 Å². The molecule has 31 heavy (non-hydrogen) atoms. The van der Waals surface area contributed by atoms with E-state index in [1.54, 1.807) is 36.4 Å². The summed E-state index contributed by atoms with van der Waals surface area (Å²) in [6.07, 6.45) is 0. The van der Waals surface area contributed by atoms with Crippen molar-refractivity contribution in [1.82, 2.24) is 4.98 Å². The average molecular weight is 437 g/mol. The summed E-state index contributed by atoms with van der Waals surface area (Å²) in [6.45, 7) is 4.05. The molecular weight excluding hydrogens is 416 g/mol. The van der Waals surface area contributed by atoms with Gasteiger partial charge in [0.05, 0.1) is 24.8 Å². The Hall–Kier alpha value is -3.51. The van der Waals surface area contributed by atoms with Crippen molar-refractivity contribution < 1.29 is 18.7 Å². The maximum absolute atomic E-state index is 12.8. The summed E-state index contributed by atoms with van der Waals surface area (Å²) in [5, 5.41) is 3.35. The van der Waals surface area contributed by atoms with E-state index in [2.05, 4.69) is 10.3 Å². The summed E-state index contributed by atoms with van der Waals surface area (Å²) in [6, 6.07) is 14.1. The van der Waals surface area contributed by atoms with Crippen LogP contribution in [0.5, 0.6) is 11.5 Å². The van der Waals surface area contributed by atoms with Gasteiger partial charge in [-0.15, -0.1) is 0 Å². The molecule has 0 saturated carbocycles. The van der Waals surface area contributed by atoms with Crippen LogP contribution in [0.25, 0.3) is 22.6 Å². The van der Waals surface area contributed by atoms with Crippen LogP contribution in [0.1, 0.15) is 21.5 Å². The lowest BCUT2D eigenvalue weighted by atomic mass is 10.1. The normalized spacial score (nSPS) is 10.9. The molecule has 0 aliphatic rings. The minimum Gasteiger partial charge on any atom is -0.497 e. The molecule has 0 bridgehead atoms. The molecule has 0 fully saturated rings. The number of fused-ring (bicyclic) bond motifs is 1. The lowest BCUT2D eigenvalue weighted by molar-refractivity contribution is 0.102. The first-order valence-corrected chi connectivity index (χ1v) is 9.98. The second-order valence-electron chi connectivity index (χ2n) is 7.17. The first kappa shape index (κ1) is 20.8.